The zero-order valence-electron chi connectivity index (χ0n) is 8.78. The van der Waals surface area contributed by atoms with Gasteiger partial charge in [-0.05, 0) is 12.5 Å². The maximum Gasteiger partial charge on any atom is 0.328 e. The van der Waals surface area contributed by atoms with Gasteiger partial charge in [-0.2, -0.15) is 0 Å². The van der Waals surface area contributed by atoms with Crippen LogP contribution in [0.3, 0.4) is 0 Å². The Balaban J connectivity index is 2.37. The molecule has 0 radical (unpaired) electrons. The lowest BCUT2D eigenvalue weighted by atomic mass is 10.2. The number of halogens is 2. The molecule has 0 aliphatic rings. The van der Waals surface area contributed by atoms with Gasteiger partial charge >= 0.3 is 5.97 Å². The molecule has 0 aromatic carbocycles. The zero-order chi connectivity index (χ0) is 12.8. The van der Waals surface area contributed by atoms with Gasteiger partial charge in [-0.1, -0.05) is 11.6 Å². The molecule has 0 aliphatic carbocycles. The number of rotatable bonds is 6. The molecule has 1 atom stereocenters. The van der Waals surface area contributed by atoms with Crippen LogP contribution in [0, 0.1) is 0 Å². The van der Waals surface area contributed by atoms with Crippen molar-refractivity contribution in [2.45, 2.75) is 18.9 Å². The van der Waals surface area contributed by atoms with Gasteiger partial charge in [0.2, 0.25) is 5.91 Å². The van der Waals surface area contributed by atoms with Gasteiger partial charge < -0.3 is 10.4 Å². The molecule has 1 aromatic heterocycles. The minimum absolute atomic E-state index is 0.112. The van der Waals surface area contributed by atoms with E-state index in [1.165, 1.54) is 11.3 Å². The van der Waals surface area contributed by atoms with Crippen LogP contribution in [0.15, 0.2) is 11.4 Å². The molecule has 1 rings (SSSR count). The number of aryl methyl sites for hydroxylation is 1. The van der Waals surface area contributed by atoms with Crippen molar-refractivity contribution in [3.8, 4) is 0 Å². The standard InChI is InChI=1S/C10H11ClFNO3S/c11-6-3-7(17-5-6)1-2-9(14)13-8(4-12)10(15)16/h3,5,8H,1-2,4H2,(H,13,14)(H,15,16). The van der Waals surface area contributed by atoms with Crippen molar-refractivity contribution in [2.75, 3.05) is 6.67 Å². The lowest BCUT2D eigenvalue weighted by molar-refractivity contribution is -0.142. The number of hydrogen-bond donors (Lipinski definition) is 2. The molecule has 2 N–H and O–H groups in total. The summed E-state index contributed by atoms with van der Waals surface area (Å²) >= 11 is 7.13. The number of aliphatic carboxylic acids is 1. The van der Waals surface area contributed by atoms with E-state index in [0.29, 0.717) is 11.4 Å². The Bertz CT molecular complexity index is 410. The molecule has 0 saturated carbocycles. The van der Waals surface area contributed by atoms with Crippen LogP contribution in [-0.4, -0.2) is 29.7 Å². The van der Waals surface area contributed by atoms with Crippen LogP contribution in [0.25, 0.3) is 0 Å². The zero-order valence-corrected chi connectivity index (χ0v) is 10.4. The molecule has 1 aromatic rings. The number of amides is 1. The molecule has 17 heavy (non-hydrogen) atoms. The van der Waals surface area contributed by atoms with Crippen LogP contribution in [-0.2, 0) is 16.0 Å². The van der Waals surface area contributed by atoms with Crippen molar-refractivity contribution in [1.82, 2.24) is 5.32 Å². The number of carboxylic acids is 1. The molecular weight excluding hydrogens is 269 g/mol. The maximum atomic E-state index is 12.2. The van der Waals surface area contributed by atoms with Gasteiger partial charge in [0.1, 0.15) is 6.67 Å². The Morgan fingerprint density at radius 3 is 2.76 bits per heavy atom. The third kappa shape index (κ3) is 4.70. The first-order valence-electron chi connectivity index (χ1n) is 4.84. The molecule has 1 amide bonds. The fraction of sp³-hybridized carbons (Fsp3) is 0.400. The summed E-state index contributed by atoms with van der Waals surface area (Å²) in [6.45, 7) is -1.12. The number of hydrogen-bond acceptors (Lipinski definition) is 3. The first kappa shape index (κ1) is 13.9. The Morgan fingerprint density at radius 1 is 1.59 bits per heavy atom. The third-order valence-corrected chi connectivity index (χ3v) is 3.35. The molecule has 7 heteroatoms. The number of thiophene rings is 1. The minimum Gasteiger partial charge on any atom is -0.480 e. The summed E-state index contributed by atoms with van der Waals surface area (Å²) in [7, 11) is 0. The van der Waals surface area contributed by atoms with Crippen molar-refractivity contribution < 1.29 is 19.1 Å². The van der Waals surface area contributed by atoms with E-state index in [-0.39, 0.29) is 6.42 Å². The molecule has 94 valence electrons. The summed E-state index contributed by atoms with van der Waals surface area (Å²) in [5.74, 6) is -1.86. The molecule has 0 spiro atoms. The lowest BCUT2D eigenvalue weighted by Crippen LogP contribution is -2.42. The van der Waals surface area contributed by atoms with Crippen LogP contribution in [0.4, 0.5) is 4.39 Å². The topological polar surface area (TPSA) is 66.4 Å². The third-order valence-electron chi connectivity index (χ3n) is 2.01. The van der Waals surface area contributed by atoms with E-state index in [9.17, 15) is 14.0 Å². The molecule has 0 saturated heterocycles. The predicted molar refractivity (Wildman–Crippen MR) is 63.2 cm³/mol. The first-order valence-corrected chi connectivity index (χ1v) is 6.09. The van der Waals surface area contributed by atoms with E-state index in [1.54, 1.807) is 11.4 Å². The van der Waals surface area contributed by atoms with E-state index in [1.807, 2.05) is 0 Å². The summed E-state index contributed by atoms with van der Waals surface area (Å²) in [5, 5.41) is 13.0. The van der Waals surface area contributed by atoms with Crippen LogP contribution in [0.1, 0.15) is 11.3 Å². The molecular formula is C10H11ClFNO3S. The van der Waals surface area contributed by atoms with E-state index in [2.05, 4.69) is 5.32 Å². The highest BCUT2D eigenvalue weighted by molar-refractivity contribution is 7.10. The normalized spacial score (nSPS) is 12.1. The molecule has 0 aliphatic heterocycles. The fourth-order valence-corrected chi connectivity index (χ4v) is 2.23. The average Bonchev–Trinajstić information content (AvgIpc) is 2.68. The Labute approximate surface area is 106 Å². The lowest BCUT2D eigenvalue weighted by Gasteiger charge is -2.09. The van der Waals surface area contributed by atoms with E-state index in [4.69, 9.17) is 16.7 Å². The monoisotopic (exact) mass is 279 g/mol. The number of carbonyl (C=O) groups excluding carboxylic acids is 1. The van der Waals surface area contributed by atoms with Gasteiger partial charge in [-0.25, -0.2) is 9.18 Å². The fourth-order valence-electron chi connectivity index (χ4n) is 1.15. The second-order valence-corrected chi connectivity index (χ2v) is 4.78. The van der Waals surface area contributed by atoms with Crippen molar-refractivity contribution in [3.63, 3.8) is 0 Å². The average molecular weight is 280 g/mol. The van der Waals surface area contributed by atoms with Gasteiger partial charge in [0, 0.05) is 16.7 Å². The Hall–Kier alpha value is -1.14. The smallest absolute Gasteiger partial charge is 0.328 e. The van der Waals surface area contributed by atoms with Gasteiger partial charge in [-0.3, -0.25) is 4.79 Å². The summed E-state index contributed by atoms with van der Waals surface area (Å²) in [6, 6.07) is 0.276. The quantitative estimate of drug-likeness (QED) is 0.835. The number of carboxylic acid groups (broad SMARTS) is 1. The maximum absolute atomic E-state index is 12.2. The number of nitrogens with one attached hydrogen (secondary N) is 1. The van der Waals surface area contributed by atoms with Gasteiger partial charge in [0.05, 0.1) is 5.02 Å². The molecule has 1 heterocycles. The SMILES string of the molecule is O=C(CCc1cc(Cl)cs1)NC(CF)C(=O)O. The van der Waals surface area contributed by atoms with E-state index in [0.717, 1.165) is 4.88 Å². The van der Waals surface area contributed by atoms with Crippen LogP contribution in [0.2, 0.25) is 5.02 Å². The van der Waals surface area contributed by atoms with Crippen LogP contribution >= 0.6 is 22.9 Å². The van der Waals surface area contributed by atoms with Gasteiger partial charge in [0.15, 0.2) is 6.04 Å². The number of carbonyl (C=O) groups is 2. The molecule has 1 unspecified atom stereocenters. The second kappa shape index (κ2) is 6.56. The van der Waals surface area contributed by atoms with Crippen molar-refractivity contribution >= 4 is 34.8 Å². The van der Waals surface area contributed by atoms with Crippen LogP contribution < -0.4 is 5.32 Å². The summed E-state index contributed by atoms with van der Waals surface area (Å²) in [5.41, 5.74) is 0. The van der Waals surface area contributed by atoms with Crippen molar-refractivity contribution in [1.29, 1.82) is 0 Å². The van der Waals surface area contributed by atoms with Crippen molar-refractivity contribution in [2.24, 2.45) is 0 Å². The highest BCUT2D eigenvalue weighted by atomic mass is 35.5. The van der Waals surface area contributed by atoms with Gasteiger partial charge in [-0.15, -0.1) is 11.3 Å². The molecule has 4 nitrogen and oxygen atoms in total. The van der Waals surface area contributed by atoms with E-state index < -0.39 is 24.6 Å². The summed E-state index contributed by atoms with van der Waals surface area (Å²) < 4.78 is 12.2. The Morgan fingerprint density at radius 2 is 2.29 bits per heavy atom. The summed E-state index contributed by atoms with van der Waals surface area (Å²) in [4.78, 5) is 22.7. The molecule has 0 fully saturated rings. The first-order chi connectivity index (χ1) is 8.02. The number of alkyl halides is 1. The minimum atomic E-state index is -1.46. The molecule has 0 bridgehead atoms. The predicted octanol–water partition coefficient (Wildman–Crippen LogP) is 1.87. The highest BCUT2D eigenvalue weighted by Gasteiger charge is 2.19. The second-order valence-electron chi connectivity index (χ2n) is 3.34. The van der Waals surface area contributed by atoms with Crippen LogP contribution in [0.5, 0.6) is 0 Å². The highest BCUT2D eigenvalue weighted by Crippen LogP contribution is 2.20. The largest absolute Gasteiger partial charge is 0.480 e. The summed E-state index contributed by atoms with van der Waals surface area (Å²) in [6.07, 6.45) is 0.572. The van der Waals surface area contributed by atoms with Crippen molar-refractivity contribution in [3.05, 3.63) is 21.3 Å². The van der Waals surface area contributed by atoms with Gasteiger partial charge in [0.25, 0.3) is 0 Å². The van der Waals surface area contributed by atoms with E-state index >= 15 is 0 Å². The Kier molecular flexibility index (Phi) is 5.37.